The van der Waals surface area contributed by atoms with Crippen molar-refractivity contribution in [2.24, 2.45) is 0 Å². The molecule has 1 aromatic carbocycles. The second kappa shape index (κ2) is 9.28. The van der Waals surface area contributed by atoms with Crippen LogP contribution in [-0.4, -0.2) is 26.4 Å². The zero-order valence-corrected chi connectivity index (χ0v) is 19.7. The van der Waals surface area contributed by atoms with Crippen LogP contribution in [0.25, 0.3) is 10.9 Å². The molecule has 3 rings (SSSR count). The maximum absolute atomic E-state index is 13.7. The van der Waals surface area contributed by atoms with E-state index in [2.05, 4.69) is 11.9 Å². The van der Waals surface area contributed by atoms with E-state index < -0.39 is 11.7 Å². The van der Waals surface area contributed by atoms with Crippen molar-refractivity contribution in [1.82, 2.24) is 9.55 Å². The van der Waals surface area contributed by atoms with Gasteiger partial charge in [0.15, 0.2) is 5.82 Å². The molecule has 0 saturated heterocycles. The van der Waals surface area contributed by atoms with Gasteiger partial charge >= 0.3 is 6.09 Å². The Bertz CT molecular complexity index is 1130. The molecule has 32 heavy (non-hydrogen) atoms. The lowest BCUT2D eigenvalue weighted by Gasteiger charge is -2.28. The van der Waals surface area contributed by atoms with Gasteiger partial charge in [0.05, 0.1) is 18.7 Å². The normalized spacial score (nSPS) is 11.8. The maximum Gasteiger partial charge on any atom is 0.416 e. The number of anilines is 1. The molecule has 0 spiro atoms. The highest BCUT2D eigenvalue weighted by Gasteiger charge is 2.28. The number of rotatable bonds is 6. The van der Waals surface area contributed by atoms with Crippen LogP contribution >= 0.6 is 0 Å². The van der Waals surface area contributed by atoms with E-state index in [1.807, 2.05) is 45.3 Å². The summed E-state index contributed by atoms with van der Waals surface area (Å²) in [5, 5.41) is 11.0. The van der Waals surface area contributed by atoms with Gasteiger partial charge in [0.2, 0.25) is 0 Å². The third-order valence-corrected chi connectivity index (χ3v) is 5.44. The van der Waals surface area contributed by atoms with Crippen molar-refractivity contribution in [3.63, 3.8) is 0 Å². The molecule has 1 N–H and O–H groups in total. The van der Waals surface area contributed by atoms with Gasteiger partial charge in [-0.15, -0.1) is 0 Å². The topological polar surface area (TPSA) is 67.6 Å². The van der Waals surface area contributed by atoms with Gasteiger partial charge in [0, 0.05) is 23.8 Å². The molecule has 0 unspecified atom stereocenters. The SMILES string of the molecule is CCCn1c(CO)c(C)c2ccnc(N(Cc3ccc(F)cc3C)C(=O)OC(C)(C)C)c21. The number of fused-ring (bicyclic) bond motifs is 1. The first kappa shape index (κ1) is 23.7. The number of carbonyl (C=O) groups is 1. The average Bonchev–Trinajstić information content (AvgIpc) is 2.98. The summed E-state index contributed by atoms with van der Waals surface area (Å²) in [5.41, 5.74) is 3.38. The molecule has 3 aromatic rings. The first-order valence-electron chi connectivity index (χ1n) is 10.9. The fourth-order valence-electron chi connectivity index (χ4n) is 3.93. The number of pyridine rings is 1. The Morgan fingerprint density at radius 3 is 2.56 bits per heavy atom. The predicted molar refractivity (Wildman–Crippen MR) is 124 cm³/mol. The van der Waals surface area contributed by atoms with Crippen molar-refractivity contribution >= 4 is 22.8 Å². The molecule has 0 aliphatic heterocycles. The van der Waals surface area contributed by atoms with Crippen molar-refractivity contribution in [3.05, 3.63) is 58.7 Å². The van der Waals surface area contributed by atoms with Gasteiger partial charge < -0.3 is 14.4 Å². The lowest BCUT2D eigenvalue weighted by molar-refractivity contribution is 0.0576. The van der Waals surface area contributed by atoms with E-state index in [0.717, 1.165) is 39.7 Å². The summed E-state index contributed by atoms with van der Waals surface area (Å²) in [4.78, 5) is 19.4. The van der Waals surface area contributed by atoms with Gasteiger partial charge in [-0.05, 0) is 75.9 Å². The number of ether oxygens (including phenoxy) is 1. The smallest absolute Gasteiger partial charge is 0.416 e. The maximum atomic E-state index is 13.7. The number of aromatic nitrogens is 2. The summed E-state index contributed by atoms with van der Waals surface area (Å²) >= 11 is 0. The van der Waals surface area contributed by atoms with Crippen molar-refractivity contribution < 1.29 is 19.0 Å². The van der Waals surface area contributed by atoms with Crippen molar-refractivity contribution in [2.75, 3.05) is 4.90 Å². The van der Waals surface area contributed by atoms with E-state index in [4.69, 9.17) is 4.74 Å². The molecule has 172 valence electrons. The molecule has 7 heteroatoms. The number of nitrogens with zero attached hydrogens (tertiary/aromatic N) is 3. The summed E-state index contributed by atoms with van der Waals surface area (Å²) in [6.45, 7) is 12.0. The Balaban J connectivity index is 2.23. The fourth-order valence-corrected chi connectivity index (χ4v) is 3.93. The van der Waals surface area contributed by atoms with Crippen LogP contribution in [0.2, 0.25) is 0 Å². The van der Waals surface area contributed by atoms with Crippen molar-refractivity contribution in [2.45, 2.75) is 73.3 Å². The number of benzene rings is 1. The van der Waals surface area contributed by atoms with Crippen LogP contribution in [0.5, 0.6) is 0 Å². The average molecular weight is 442 g/mol. The number of carbonyl (C=O) groups excluding carboxylic acids is 1. The van der Waals surface area contributed by atoms with E-state index in [9.17, 15) is 14.3 Å². The molecule has 0 fully saturated rings. The molecule has 1 amide bonds. The van der Waals surface area contributed by atoms with Crippen molar-refractivity contribution in [1.29, 1.82) is 0 Å². The molecule has 0 bridgehead atoms. The van der Waals surface area contributed by atoms with Gasteiger partial charge in [-0.3, -0.25) is 4.90 Å². The highest BCUT2D eigenvalue weighted by Crippen LogP contribution is 2.34. The van der Waals surface area contributed by atoms with Gasteiger partial charge in [0.1, 0.15) is 11.4 Å². The monoisotopic (exact) mass is 441 g/mol. The van der Waals surface area contributed by atoms with E-state index in [-0.39, 0.29) is 19.0 Å². The largest absolute Gasteiger partial charge is 0.443 e. The molecule has 0 radical (unpaired) electrons. The lowest BCUT2D eigenvalue weighted by Crippen LogP contribution is -2.37. The number of hydrogen-bond donors (Lipinski definition) is 1. The summed E-state index contributed by atoms with van der Waals surface area (Å²) in [6, 6.07) is 6.41. The van der Waals surface area contributed by atoms with Crippen LogP contribution in [0.3, 0.4) is 0 Å². The number of aliphatic hydroxyl groups is 1. The van der Waals surface area contributed by atoms with Crippen LogP contribution in [0, 0.1) is 19.7 Å². The third kappa shape index (κ3) is 4.78. The lowest BCUT2D eigenvalue weighted by atomic mass is 10.1. The van der Waals surface area contributed by atoms with Crippen LogP contribution in [0.1, 0.15) is 56.5 Å². The number of amides is 1. The first-order chi connectivity index (χ1) is 15.1. The molecule has 2 aromatic heterocycles. The molecule has 0 saturated carbocycles. The Kier molecular flexibility index (Phi) is 6.88. The fraction of sp³-hybridized carbons (Fsp3) is 0.440. The Labute approximate surface area is 188 Å². The second-order valence-corrected chi connectivity index (χ2v) is 9.05. The zero-order valence-electron chi connectivity index (χ0n) is 19.7. The number of aryl methyl sites for hydroxylation is 3. The number of halogens is 1. The highest BCUT2D eigenvalue weighted by molar-refractivity contribution is 6.00. The van der Waals surface area contributed by atoms with E-state index in [1.165, 1.54) is 17.0 Å². The second-order valence-electron chi connectivity index (χ2n) is 9.05. The molecule has 0 aliphatic carbocycles. The summed E-state index contributed by atoms with van der Waals surface area (Å²) in [6.07, 6.45) is 1.99. The number of hydrogen-bond acceptors (Lipinski definition) is 4. The molecule has 6 nitrogen and oxygen atoms in total. The molecular formula is C25H32FN3O3. The minimum atomic E-state index is -0.696. The van der Waals surface area contributed by atoms with Gasteiger partial charge in [-0.2, -0.15) is 0 Å². The van der Waals surface area contributed by atoms with E-state index in [0.29, 0.717) is 12.4 Å². The van der Waals surface area contributed by atoms with Crippen LogP contribution in [0.4, 0.5) is 15.0 Å². The van der Waals surface area contributed by atoms with Crippen LogP contribution < -0.4 is 4.90 Å². The molecule has 2 heterocycles. The molecule has 0 atom stereocenters. The Morgan fingerprint density at radius 1 is 1.25 bits per heavy atom. The standard InChI is InChI=1S/C25H32FN3O3/c1-7-12-28-21(15-30)17(3)20-10-11-27-23(22(20)28)29(24(31)32-25(4,5)6)14-18-8-9-19(26)13-16(18)2/h8-11,13,30H,7,12,14-15H2,1-6H3. The Morgan fingerprint density at radius 2 is 1.97 bits per heavy atom. The van der Waals surface area contributed by atoms with E-state index >= 15 is 0 Å². The van der Waals surface area contributed by atoms with Crippen molar-refractivity contribution in [3.8, 4) is 0 Å². The zero-order chi connectivity index (χ0) is 23.6. The quantitative estimate of drug-likeness (QED) is 0.538. The Hall–Kier alpha value is -2.93. The van der Waals surface area contributed by atoms with Gasteiger partial charge in [-0.1, -0.05) is 13.0 Å². The highest BCUT2D eigenvalue weighted by atomic mass is 19.1. The van der Waals surface area contributed by atoms with E-state index in [1.54, 1.807) is 12.3 Å². The van der Waals surface area contributed by atoms with Crippen LogP contribution in [-0.2, 0) is 24.4 Å². The van der Waals surface area contributed by atoms with Gasteiger partial charge in [0.25, 0.3) is 0 Å². The first-order valence-corrected chi connectivity index (χ1v) is 10.9. The van der Waals surface area contributed by atoms with Gasteiger partial charge in [-0.25, -0.2) is 14.2 Å². The third-order valence-electron chi connectivity index (χ3n) is 5.44. The summed E-state index contributed by atoms with van der Waals surface area (Å²) in [5.74, 6) is 0.132. The minimum absolute atomic E-state index is 0.108. The van der Waals surface area contributed by atoms with Crippen LogP contribution in [0.15, 0.2) is 30.5 Å². The molecular weight excluding hydrogens is 409 g/mol. The molecule has 0 aliphatic rings. The number of aliphatic hydroxyl groups excluding tert-OH is 1. The summed E-state index contributed by atoms with van der Waals surface area (Å²) < 4.78 is 21.4. The predicted octanol–water partition coefficient (Wildman–Crippen LogP) is 5.64. The minimum Gasteiger partial charge on any atom is -0.443 e. The summed E-state index contributed by atoms with van der Waals surface area (Å²) in [7, 11) is 0.